The number of pyridine rings is 1. The molecule has 1 fully saturated rings. The number of carbonyl (C=O) groups excluding carboxylic acids is 2. The Bertz CT molecular complexity index is 971. The summed E-state index contributed by atoms with van der Waals surface area (Å²) in [5.74, 6) is -0.117. The lowest BCUT2D eigenvalue weighted by molar-refractivity contribution is -0.137. The second kappa shape index (κ2) is 11.9. The molecule has 190 valence electrons. The minimum absolute atomic E-state index is 0.0921. The Morgan fingerprint density at radius 3 is 2.34 bits per heavy atom. The third-order valence-corrected chi connectivity index (χ3v) is 5.90. The van der Waals surface area contributed by atoms with Crippen LogP contribution in [0.2, 0.25) is 0 Å². The smallest absolute Gasteiger partial charge is 0.417 e. The van der Waals surface area contributed by atoms with E-state index in [0.29, 0.717) is 38.9 Å². The van der Waals surface area contributed by atoms with E-state index in [1.54, 1.807) is 4.90 Å². The minimum atomic E-state index is -4.44. The lowest BCUT2D eigenvalue weighted by Crippen LogP contribution is -2.42. The molecule has 0 aliphatic carbocycles. The standard InChI is InChI=1S/C25H31F3N4O3/c1-31(2)20-6-3-18(4-7-20)11-14-29-22(33)8-10-24(34)32-15-12-21(13-16-32)35-23-9-5-19(17-30-23)25(26,27)28/h3-7,9,17,21H,8,10-16H2,1-2H3,(H,29,33). The minimum Gasteiger partial charge on any atom is -0.474 e. The van der Waals surface area contributed by atoms with Crippen molar-refractivity contribution >= 4 is 17.5 Å². The summed E-state index contributed by atoms with van der Waals surface area (Å²) < 4.78 is 43.6. The normalized spacial score (nSPS) is 14.5. The number of hydrogen-bond acceptors (Lipinski definition) is 5. The molecule has 0 bridgehead atoms. The van der Waals surface area contributed by atoms with Gasteiger partial charge in [-0.25, -0.2) is 4.98 Å². The van der Waals surface area contributed by atoms with Gasteiger partial charge in [-0.3, -0.25) is 9.59 Å². The molecule has 35 heavy (non-hydrogen) atoms. The first-order chi connectivity index (χ1) is 16.6. The molecular formula is C25H31F3N4O3. The van der Waals surface area contributed by atoms with Crippen molar-refractivity contribution < 1.29 is 27.5 Å². The Morgan fingerprint density at radius 2 is 1.77 bits per heavy atom. The first-order valence-corrected chi connectivity index (χ1v) is 11.6. The van der Waals surface area contributed by atoms with Gasteiger partial charge in [0.25, 0.3) is 0 Å². The number of hydrogen-bond donors (Lipinski definition) is 1. The van der Waals surface area contributed by atoms with Crippen molar-refractivity contribution in [2.45, 2.75) is 44.4 Å². The zero-order valence-corrected chi connectivity index (χ0v) is 20.0. The highest BCUT2D eigenvalue weighted by Crippen LogP contribution is 2.29. The van der Waals surface area contributed by atoms with Crippen LogP contribution in [0.15, 0.2) is 42.6 Å². The predicted molar refractivity (Wildman–Crippen MR) is 126 cm³/mol. The van der Waals surface area contributed by atoms with Crippen molar-refractivity contribution in [2.75, 3.05) is 38.6 Å². The molecule has 1 aliphatic rings. The highest BCUT2D eigenvalue weighted by Gasteiger charge is 2.31. The number of carbonyl (C=O) groups is 2. The van der Waals surface area contributed by atoms with E-state index >= 15 is 0 Å². The average molecular weight is 493 g/mol. The molecule has 1 aliphatic heterocycles. The molecule has 7 nitrogen and oxygen atoms in total. The van der Waals surface area contributed by atoms with Gasteiger partial charge in [0.15, 0.2) is 0 Å². The summed E-state index contributed by atoms with van der Waals surface area (Å²) in [5, 5.41) is 2.86. The summed E-state index contributed by atoms with van der Waals surface area (Å²) in [7, 11) is 3.96. The Morgan fingerprint density at radius 1 is 1.09 bits per heavy atom. The quantitative estimate of drug-likeness (QED) is 0.578. The molecule has 3 rings (SSSR count). The number of piperidine rings is 1. The number of halogens is 3. The number of anilines is 1. The van der Waals surface area contributed by atoms with E-state index in [4.69, 9.17) is 4.74 Å². The van der Waals surface area contributed by atoms with Crippen LogP contribution in [0.1, 0.15) is 36.8 Å². The maximum Gasteiger partial charge on any atom is 0.417 e. The molecule has 2 amide bonds. The number of likely N-dealkylation sites (tertiary alicyclic amines) is 1. The summed E-state index contributed by atoms with van der Waals surface area (Å²) in [4.78, 5) is 32.0. The van der Waals surface area contributed by atoms with Gasteiger partial charge < -0.3 is 19.9 Å². The fourth-order valence-electron chi connectivity index (χ4n) is 3.79. The molecule has 0 radical (unpaired) electrons. The predicted octanol–water partition coefficient (Wildman–Crippen LogP) is 3.68. The van der Waals surface area contributed by atoms with Gasteiger partial charge in [-0.1, -0.05) is 12.1 Å². The van der Waals surface area contributed by atoms with Crippen LogP contribution in [0, 0.1) is 0 Å². The monoisotopic (exact) mass is 492 g/mol. The van der Waals surface area contributed by atoms with Crippen LogP contribution in [-0.4, -0.2) is 61.5 Å². The Balaban J connectivity index is 1.32. The molecule has 1 aromatic carbocycles. The number of nitrogens with zero attached hydrogens (tertiary/aromatic N) is 3. The highest BCUT2D eigenvalue weighted by molar-refractivity contribution is 5.83. The van der Waals surface area contributed by atoms with Gasteiger partial charge in [-0.2, -0.15) is 13.2 Å². The number of rotatable bonds is 9. The van der Waals surface area contributed by atoms with Crippen molar-refractivity contribution in [3.63, 3.8) is 0 Å². The Kier molecular flexibility index (Phi) is 8.95. The third-order valence-electron chi connectivity index (χ3n) is 5.90. The van der Waals surface area contributed by atoms with E-state index in [-0.39, 0.29) is 36.6 Å². The highest BCUT2D eigenvalue weighted by atomic mass is 19.4. The van der Waals surface area contributed by atoms with Gasteiger partial charge in [-0.15, -0.1) is 0 Å². The maximum absolute atomic E-state index is 12.6. The molecule has 1 aromatic heterocycles. The molecular weight excluding hydrogens is 461 g/mol. The van der Waals surface area contributed by atoms with Gasteiger partial charge in [0, 0.05) is 77.4 Å². The zero-order valence-electron chi connectivity index (χ0n) is 20.0. The van der Waals surface area contributed by atoms with Gasteiger partial charge in [0.1, 0.15) is 6.10 Å². The number of aromatic nitrogens is 1. The summed E-state index contributed by atoms with van der Waals surface area (Å²) >= 11 is 0. The van der Waals surface area contributed by atoms with Crippen LogP contribution in [0.4, 0.5) is 18.9 Å². The first kappa shape index (κ1) is 26.3. The zero-order chi connectivity index (χ0) is 25.4. The fourth-order valence-corrected chi connectivity index (χ4v) is 3.79. The van der Waals surface area contributed by atoms with Crippen molar-refractivity contribution in [1.82, 2.24) is 15.2 Å². The largest absolute Gasteiger partial charge is 0.474 e. The molecule has 0 spiro atoms. The Hall–Kier alpha value is -3.30. The van der Waals surface area contributed by atoms with E-state index in [9.17, 15) is 22.8 Å². The van der Waals surface area contributed by atoms with E-state index in [1.807, 2.05) is 43.3 Å². The number of nitrogens with one attached hydrogen (secondary N) is 1. The second-order valence-corrected chi connectivity index (χ2v) is 8.74. The van der Waals surface area contributed by atoms with Crippen LogP contribution in [0.5, 0.6) is 5.88 Å². The molecule has 2 aromatic rings. The Labute approximate surface area is 203 Å². The molecule has 1 saturated heterocycles. The van der Waals surface area contributed by atoms with Crippen LogP contribution in [-0.2, 0) is 22.2 Å². The molecule has 2 heterocycles. The summed E-state index contributed by atoms with van der Waals surface area (Å²) in [6.07, 6.45) is -1.83. The molecule has 0 unspecified atom stereocenters. The SMILES string of the molecule is CN(C)c1ccc(CCNC(=O)CCC(=O)N2CCC(Oc3ccc(C(F)(F)F)cn3)CC2)cc1. The summed E-state index contributed by atoms with van der Waals surface area (Å²) in [6, 6.07) is 10.3. The summed E-state index contributed by atoms with van der Waals surface area (Å²) in [5.41, 5.74) is 1.42. The van der Waals surface area contributed by atoms with Gasteiger partial charge >= 0.3 is 6.18 Å². The van der Waals surface area contributed by atoms with Crippen molar-refractivity contribution in [3.8, 4) is 5.88 Å². The number of alkyl halides is 3. The average Bonchev–Trinajstić information content (AvgIpc) is 2.83. The molecule has 0 atom stereocenters. The van der Waals surface area contributed by atoms with Gasteiger partial charge in [0.05, 0.1) is 5.56 Å². The third kappa shape index (κ3) is 8.15. The van der Waals surface area contributed by atoms with E-state index in [0.717, 1.165) is 23.5 Å². The molecule has 1 N–H and O–H groups in total. The van der Waals surface area contributed by atoms with E-state index < -0.39 is 11.7 Å². The lowest BCUT2D eigenvalue weighted by Gasteiger charge is -2.32. The molecule has 0 saturated carbocycles. The van der Waals surface area contributed by atoms with E-state index in [1.165, 1.54) is 6.07 Å². The van der Waals surface area contributed by atoms with Crippen LogP contribution in [0.3, 0.4) is 0 Å². The van der Waals surface area contributed by atoms with Crippen LogP contribution < -0.4 is 15.0 Å². The van der Waals surface area contributed by atoms with Gasteiger partial charge in [0.2, 0.25) is 17.7 Å². The topological polar surface area (TPSA) is 74.8 Å². The number of amides is 2. The fraction of sp³-hybridized carbons (Fsp3) is 0.480. The van der Waals surface area contributed by atoms with Crippen LogP contribution in [0.25, 0.3) is 0 Å². The van der Waals surface area contributed by atoms with Crippen molar-refractivity contribution in [3.05, 3.63) is 53.7 Å². The lowest BCUT2D eigenvalue weighted by atomic mass is 10.1. The van der Waals surface area contributed by atoms with Crippen molar-refractivity contribution in [1.29, 1.82) is 0 Å². The van der Waals surface area contributed by atoms with Crippen molar-refractivity contribution in [2.24, 2.45) is 0 Å². The van der Waals surface area contributed by atoms with E-state index in [2.05, 4.69) is 10.3 Å². The number of benzene rings is 1. The first-order valence-electron chi connectivity index (χ1n) is 11.6. The number of ether oxygens (including phenoxy) is 1. The maximum atomic E-state index is 12.6. The molecule has 10 heteroatoms. The van der Waals surface area contributed by atoms with Crippen LogP contribution >= 0.6 is 0 Å². The summed E-state index contributed by atoms with van der Waals surface area (Å²) in [6.45, 7) is 1.44. The second-order valence-electron chi connectivity index (χ2n) is 8.74. The van der Waals surface area contributed by atoms with Gasteiger partial charge in [-0.05, 0) is 30.2 Å².